The van der Waals surface area contributed by atoms with Gasteiger partial charge in [-0.05, 0) is 11.5 Å². The standard InChI is InChI=1S/C10H9NO2S/c1-14(12,13)10-9-5-3-2-4-8(9)6-7-11-10/h2-7H,1H3. The second-order valence-electron chi connectivity index (χ2n) is 3.11. The second kappa shape index (κ2) is 3.06. The average Bonchev–Trinajstić information content (AvgIpc) is 2.15. The number of hydrogen-bond donors (Lipinski definition) is 0. The number of aromatic nitrogens is 1. The van der Waals surface area contributed by atoms with E-state index in [9.17, 15) is 8.42 Å². The highest BCUT2D eigenvalue weighted by atomic mass is 32.2. The van der Waals surface area contributed by atoms with Crippen LogP contribution in [0.4, 0.5) is 0 Å². The summed E-state index contributed by atoms with van der Waals surface area (Å²) in [7, 11) is -3.24. The van der Waals surface area contributed by atoms with Gasteiger partial charge in [0.2, 0.25) is 0 Å². The molecule has 0 radical (unpaired) electrons. The van der Waals surface area contributed by atoms with Gasteiger partial charge in [0.25, 0.3) is 0 Å². The first kappa shape index (κ1) is 9.15. The molecule has 1 aromatic carbocycles. The third-order valence-electron chi connectivity index (χ3n) is 1.99. The lowest BCUT2D eigenvalue weighted by Crippen LogP contribution is -2.00. The fourth-order valence-corrected chi connectivity index (χ4v) is 2.23. The number of sulfone groups is 1. The van der Waals surface area contributed by atoms with E-state index in [-0.39, 0.29) is 5.03 Å². The molecule has 3 nitrogen and oxygen atoms in total. The molecule has 0 aliphatic rings. The first-order valence-electron chi connectivity index (χ1n) is 4.13. The molecule has 1 heterocycles. The molecule has 0 N–H and O–H groups in total. The van der Waals surface area contributed by atoms with Crippen molar-refractivity contribution in [2.45, 2.75) is 5.03 Å². The summed E-state index contributed by atoms with van der Waals surface area (Å²) in [4.78, 5) is 3.89. The first-order chi connectivity index (χ1) is 6.59. The molecular formula is C10H9NO2S. The summed E-state index contributed by atoms with van der Waals surface area (Å²) in [6, 6.07) is 9.10. The molecule has 0 bridgehead atoms. The highest BCUT2D eigenvalue weighted by Crippen LogP contribution is 2.19. The minimum absolute atomic E-state index is 0.149. The maximum absolute atomic E-state index is 11.4. The number of pyridine rings is 1. The highest BCUT2D eigenvalue weighted by Gasteiger charge is 2.12. The van der Waals surface area contributed by atoms with E-state index >= 15 is 0 Å². The molecule has 14 heavy (non-hydrogen) atoms. The van der Waals surface area contributed by atoms with Crippen LogP contribution in [0.3, 0.4) is 0 Å². The van der Waals surface area contributed by atoms with E-state index in [1.807, 2.05) is 12.1 Å². The molecule has 0 unspecified atom stereocenters. The van der Waals surface area contributed by atoms with Crippen molar-refractivity contribution in [1.29, 1.82) is 0 Å². The van der Waals surface area contributed by atoms with Crippen molar-refractivity contribution in [3.8, 4) is 0 Å². The number of nitrogens with zero attached hydrogens (tertiary/aromatic N) is 1. The third-order valence-corrected chi connectivity index (χ3v) is 3.02. The van der Waals surface area contributed by atoms with Gasteiger partial charge in [0.05, 0.1) is 0 Å². The monoisotopic (exact) mass is 207 g/mol. The second-order valence-corrected chi connectivity index (χ2v) is 5.04. The van der Waals surface area contributed by atoms with Gasteiger partial charge in [0.15, 0.2) is 14.9 Å². The van der Waals surface area contributed by atoms with Gasteiger partial charge in [-0.25, -0.2) is 13.4 Å². The summed E-state index contributed by atoms with van der Waals surface area (Å²) in [5, 5.41) is 1.72. The summed E-state index contributed by atoms with van der Waals surface area (Å²) in [5.41, 5.74) is 0. The van der Waals surface area contributed by atoms with Crippen LogP contribution in [-0.2, 0) is 9.84 Å². The molecule has 0 spiro atoms. The van der Waals surface area contributed by atoms with Gasteiger partial charge in [-0.15, -0.1) is 0 Å². The Kier molecular flexibility index (Phi) is 2.00. The van der Waals surface area contributed by atoms with Gasteiger partial charge >= 0.3 is 0 Å². The van der Waals surface area contributed by atoms with Crippen molar-refractivity contribution < 1.29 is 8.42 Å². The lowest BCUT2D eigenvalue weighted by molar-refractivity contribution is 0.599. The van der Waals surface area contributed by atoms with Crippen molar-refractivity contribution in [2.24, 2.45) is 0 Å². The van der Waals surface area contributed by atoms with Crippen molar-refractivity contribution in [2.75, 3.05) is 6.26 Å². The van der Waals surface area contributed by atoms with Gasteiger partial charge in [0.1, 0.15) is 0 Å². The van der Waals surface area contributed by atoms with Gasteiger partial charge in [-0.1, -0.05) is 24.3 Å². The van der Waals surface area contributed by atoms with Crippen LogP contribution < -0.4 is 0 Å². The van der Waals surface area contributed by atoms with E-state index in [2.05, 4.69) is 4.98 Å². The minimum Gasteiger partial charge on any atom is -0.244 e. The topological polar surface area (TPSA) is 47.0 Å². The van der Waals surface area contributed by atoms with Crippen LogP contribution in [0, 0.1) is 0 Å². The summed E-state index contributed by atoms with van der Waals surface area (Å²) >= 11 is 0. The number of hydrogen-bond acceptors (Lipinski definition) is 3. The predicted octanol–water partition coefficient (Wildman–Crippen LogP) is 1.64. The van der Waals surface area contributed by atoms with E-state index < -0.39 is 9.84 Å². The minimum atomic E-state index is -3.24. The lowest BCUT2D eigenvalue weighted by Gasteiger charge is -2.02. The Morgan fingerprint density at radius 1 is 1.14 bits per heavy atom. The van der Waals surface area contributed by atoms with Crippen LogP contribution in [-0.4, -0.2) is 19.7 Å². The predicted molar refractivity (Wildman–Crippen MR) is 54.9 cm³/mol. The highest BCUT2D eigenvalue weighted by molar-refractivity contribution is 7.90. The van der Waals surface area contributed by atoms with Crippen LogP contribution in [0.25, 0.3) is 10.8 Å². The summed E-state index contributed by atoms with van der Waals surface area (Å²) in [6.07, 6.45) is 2.68. The molecule has 0 aliphatic carbocycles. The average molecular weight is 207 g/mol. The molecule has 0 saturated carbocycles. The van der Waals surface area contributed by atoms with Crippen molar-refractivity contribution in [3.05, 3.63) is 36.5 Å². The molecule has 2 rings (SSSR count). The Hall–Kier alpha value is -1.42. The Morgan fingerprint density at radius 3 is 2.57 bits per heavy atom. The normalized spacial score (nSPS) is 11.8. The molecule has 1 aromatic heterocycles. The van der Waals surface area contributed by atoms with E-state index in [0.717, 1.165) is 5.39 Å². The number of rotatable bonds is 1. The van der Waals surface area contributed by atoms with Crippen LogP contribution in [0.1, 0.15) is 0 Å². The van der Waals surface area contributed by atoms with Gasteiger partial charge in [-0.2, -0.15) is 0 Å². The Bertz CT molecular complexity index is 570. The first-order valence-corrected chi connectivity index (χ1v) is 6.02. The molecule has 0 saturated heterocycles. The van der Waals surface area contributed by atoms with Gasteiger partial charge in [-0.3, -0.25) is 0 Å². The molecule has 0 amide bonds. The zero-order chi connectivity index (χ0) is 10.2. The van der Waals surface area contributed by atoms with E-state index in [1.165, 1.54) is 12.5 Å². The van der Waals surface area contributed by atoms with Crippen molar-refractivity contribution in [3.63, 3.8) is 0 Å². The maximum atomic E-state index is 11.4. The zero-order valence-corrected chi connectivity index (χ0v) is 8.45. The number of fused-ring (bicyclic) bond motifs is 1. The lowest BCUT2D eigenvalue weighted by atomic mass is 10.2. The van der Waals surface area contributed by atoms with Gasteiger partial charge in [0, 0.05) is 17.8 Å². The molecule has 4 heteroatoms. The zero-order valence-electron chi connectivity index (χ0n) is 7.64. The summed E-state index contributed by atoms with van der Waals surface area (Å²) in [5.74, 6) is 0. The Labute approximate surface area is 82.3 Å². The molecule has 72 valence electrons. The number of benzene rings is 1. The molecule has 0 fully saturated rings. The molecule has 0 atom stereocenters. The molecular weight excluding hydrogens is 198 g/mol. The van der Waals surface area contributed by atoms with E-state index in [0.29, 0.717) is 5.39 Å². The third kappa shape index (κ3) is 1.48. The van der Waals surface area contributed by atoms with Crippen LogP contribution >= 0.6 is 0 Å². The van der Waals surface area contributed by atoms with Crippen molar-refractivity contribution in [1.82, 2.24) is 4.98 Å². The quantitative estimate of drug-likeness (QED) is 0.714. The SMILES string of the molecule is CS(=O)(=O)c1nccc2ccccc12. The van der Waals surface area contributed by atoms with Crippen LogP contribution in [0.15, 0.2) is 41.6 Å². The Morgan fingerprint density at radius 2 is 1.86 bits per heavy atom. The summed E-state index contributed by atoms with van der Waals surface area (Å²) < 4.78 is 22.8. The molecule has 0 aliphatic heterocycles. The van der Waals surface area contributed by atoms with Crippen LogP contribution in [0.5, 0.6) is 0 Å². The maximum Gasteiger partial charge on any atom is 0.193 e. The molecule has 2 aromatic rings. The fraction of sp³-hybridized carbons (Fsp3) is 0.100. The van der Waals surface area contributed by atoms with Crippen LogP contribution in [0.2, 0.25) is 0 Å². The van der Waals surface area contributed by atoms with Gasteiger partial charge < -0.3 is 0 Å². The summed E-state index contributed by atoms with van der Waals surface area (Å²) in [6.45, 7) is 0. The Balaban J connectivity index is 2.92. The van der Waals surface area contributed by atoms with E-state index in [1.54, 1.807) is 18.2 Å². The largest absolute Gasteiger partial charge is 0.244 e. The van der Waals surface area contributed by atoms with Crippen molar-refractivity contribution >= 4 is 20.6 Å². The van der Waals surface area contributed by atoms with E-state index in [4.69, 9.17) is 0 Å². The fourth-order valence-electron chi connectivity index (χ4n) is 1.39. The smallest absolute Gasteiger partial charge is 0.193 e.